The van der Waals surface area contributed by atoms with Crippen LogP contribution in [0, 0.1) is 0 Å². The number of benzene rings is 6. The Morgan fingerprint density at radius 1 is 0.725 bits per heavy atom. The van der Waals surface area contributed by atoms with Crippen LogP contribution in [0.15, 0.2) is 169 Å². The van der Waals surface area contributed by atoms with E-state index < -0.39 is 0 Å². The number of para-hydroxylation sites is 1. The van der Waals surface area contributed by atoms with Crippen molar-refractivity contribution in [1.29, 1.82) is 0 Å². The van der Waals surface area contributed by atoms with E-state index in [1.165, 1.54) is 54.8 Å². The third-order valence-corrected chi connectivity index (χ3v) is 10.5. The predicted octanol–water partition coefficient (Wildman–Crippen LogP) is 11.2. The minimum atomic E-state index is 0.726. The maximum Gasteiger partial charge on any atom is 0.0904 e. The molecule has 0 saturated carbocycles. The number of hydrogen-bond donors (Lipinski definition) is 1. The van der Waals surface area contributed by atoms with Gasteiger partial charge in [-0.2, -0.15) is 0 Å². The van der Waals surface area contributed by atoms with Gasteiger partial charge in [-0.3, -0.25) is 4.99 Å². The van der Waals surface area contributed by atoms with Gasteiger partial charge in [-0.15, -0.1) is 0 Å². The highest BCUT2D eigenvalue weighted by Gasteiger charge is 2.23. The molecular weight excluding hydrogens is 621 g/mol. The number of anilines is 2. The molecule has 4 heteroatoms. The molecule has 0 saturated heterocycles. The Balaban J connectivity index is 1.07. The van der Waals surface area contributed by atoms with Crippen LogP contribution in [0.1, 0.15) is 29.2 Å². The fourth-order valence-electron chi connectivity index (χ4n) is 7.87. The highest BCUT2D eigenvalue weighted by Crippen LogP contribution is 2.40. The normalized spacial score (nSPS) is 15.9. The van der Waals surface area contributed by atoms with Gasteiger partial charge in [0.25, 0.3) is 0 Å². The number of aliphatic imine (C=N–C) groups is 1. The van der Waals surface area contributed by atoms with Gasteiger partial charge in [-0.25, -0.2) is 0 Å². The quantitative estimate of drug-likeness (QED) is 0.191. The number of nitrogens with zero attached hydrogens (tertiary/aromatic N) is 3. The smallest absolute Gasteiger partial charge is 0.0904 e. The number of hydrogen-bond acceptors (Lipinski definition) is 3. The van der Waals surface area contributed by atoms with Crippen molar-refractivity contribution >= 4 is 55.4 Å². The topological polar surface area (TPSA) is 46.5 Å². The number of aryl methyl sites for hydroxylation is 1. The monoisotopic (exact) mass is 658 g/mol. The second-order valence-electron chi connectivity index (χ2n) is 13.6. The molecule has 4 nitrogen and oxygen atoms in total. The molecule has 2 aliphatic rings. The highest BCUT2D eigenvalue weighted by molar-refractivity contribution is 6.09. The van der Waals surface area contributed by atoms with E-state index in [-0.39, 0.29) is 0 Å². The number of rotatable bonds is 4. The molecule has 1 aromatic heterocycles. The van der Waals surface area contributed by atoms with Gasteiger partial charge in [0.1, 0.15) is 0 Å². The summed E-state index contributed by atoms with van der Waals surface area (Å²) in [6.45, 7) is 6.57. The number of nitrogens with two attached hydrogens (primary N) is 1. The first-order chi connectivity index (χ1) is 24.9. The van der Waals surface area contributed by atoms with Crippen molar-refractivity contribution in [2.45, 2.75) is 19.8 Å². The first kappa shape index (κ1) is 30.7. The van der Waals surface area contributed by atoms with Gasteiger partial charge in [0.05, 0.1) is 5.70 Å². The fraction of sp³-hybridized carbons (Fsp3) is 0.0851. The summed E-state index contributed by atoms with van der Waals surface area (Å²) in [5.74, 6) is 0. The maximum absolute atomic E-state index is 6.61. The van der Waals surface area contributed by atoms with Gasteiger partial charge in [0.15, 0.2) is 0 Å². The first-order valence-electron chi connectivity index (χ1n) is 17.5. The summed E-state index contributed by atoms with van der Waals surface area (Å²) in [4.78, 5) is 7.40. The Morgan fingerprint density at radius 2 is 1.47 bits per heavy atom. The van der Waals surface area contributed by atoms with E-state index in [0.717, 1.165) is 58.1 Å². The second-order valence-corrected chi connectivity index (χ2v) is 13.6. The van der Waals surface area contributed by atoms with E-state index in [9.17, 15) is 0 Å². The summed E-state index contributed by atoms with van der Waals surface area (Å²) in [5, 5.41) is 4.95. The maximum atomic E-state index is 6.61. The summed E-state index contributed by atoms with van der Waals surface area (Å²) in [6, 6.07) is 43.7. The summed E-state index contributed by atoms with van der Waals surface area (Å²) in [6.07, 6.45) is 10.0. The summed E-state index contributed by atoms with van der Waals surface area (Å²) >= 11 is 0. The van der Waals surface area contributed by atoms with Crippen LogP contribution in [0.25, 0.3) is 49.4 Å². The Morgan fingerprint density at radius 3 is 2.33 bits per heavy atom. The van der Waals surface area contributed by atoms with Crippen LogP contribution < -0.4 is 10.6 Å². The molecule has 9 rings (SSSR count). The molecule has 0 amide bonds. The molecule has 246 valence electrons. The van der Waals surface area contributed by atoms with E-state index in [4.69, 9.17) is 10.7 Å². The summed E-state index contributed by atoms with van der Waals surface area (Å²) in [7, 11) is 2.14. The van der Waals surface area contributed by atoms with Crippen LogP contribution in [0.2, 0.25) is 0 Å². The molecule has 0 atom stereocenters. The van der Waals surface area contributed by atoms with Gasteiger partial charge in [0.2, 0.25) is 0 Å². The van der Waals surface area contributed by atoms with Gasteiger partial charge >= 0.3 is 0 Å². The Kier molecular flexibility index (Phi) is 7.32. The van der Waals surface area contributed by atoms with Crippen LogP contribution in [0.4, 0.5) is 11.4 Å². The summed E-state index contributed by atoms with van der Waals surface area (Å²) < 4.78 is 2.28. The first-order valence-corrected chi connectivity index (χ1v) is 17.5. The molecule has 6 aromatic carbocycles. The van der Waals surface area contributed by atoms with Crippen molar-refractivity contribution in [3.8, 4) is 11.1 Å². The Labute approximate surface area is 298 Å². The van der Waals surface area contributed by atoms with Gasteiger partial charge in [-0.05, 0) is 100 Å². The van der Waals surface area contributed by atoms with Crippen molar-refractivity contribution in [2.75, 3.05) is 4.90 Å². The number of fused-ring (bicyclic) bond motifs is 7. The van der Waals surface area contributed by atoms with E-state index in [2.05, 4.69) is 176 Å². The number of aromatic nitrogens is 1. The lowest BCUT2D eigenvalue weighted by Gasteiger charge is -2.28. The summed E-state index contributed by atoms with van der Waals surface area (Å²) in [5.41, 5.74) is 21.9. The average molecular weight is 659 g/mol. The molecule has 1 aliphatic heterocycles. The van der Waals surface area contributed by atoms with Crippen molar-refractivity contribution in [3.05, 3.63) is 186 Å². The molecule has 0 unspecified atom stereocenters. The molecular formula is C47H38N4. The zero-order valence-corrected chi connectivity index (χ0v) is 28.9. The van der Waals surface area contributed by atoms with Gasteiger partial charge in [0, 0.05) is 69.3 Å². The third kappa shape index (κ3) is 5.19. The largest absolute Gasteiger partial charge is 0.400 e. The molecule has 2 N–H and O–H groups in total. The van der Waals surface area contributed by atoms with Crippen LogP contribution in [-0.4, -0.2) is 10.3 Å². The van der Waals surface area contributed by atoms with Crippen LogP contribution >= 0.6 is 0 Å². The molecule has 0 bridgehead atoms. The standard InChI is InChI=1S/C47H38N4/c1-30-11-5-4-6-13-36-27-34(35-22-26-45-41(28-35)40-15-9-10-16-44(40)50(45)3)21-25-43(36)51(30)38-23-19-32(20-24-38)31(2)49-47-42(48)29-37-18-17-33-12-7-8-14-39(33)46(37)47/h4-12,14-28H,1,13,29,48H2,2-3H3/b6-4-,11-5-,49-31?. The lowest BCUT2D eigenvalue weighted by Crippen LogP contribution is -2.16. The molecule has 51 heavy (non-hydrogen) atoms. The fourth-order valence-corrected chi connectivity index (χ4v) is 7.87. The predicted molar refractivity (Wildman–Crippen MR) is 217 cm³/mol. The molecule has 0 radical (unpaired) electrons. The van der Waals surface area contributed by atoms with E-state index >= 15 is 0 Å². The van der Waals surface area contributed by atoms with Gasteiger partial charge in [-0.1, -0.05) is 104 Å². The molecule has 0 fully saturated rings. The Hall–Kier alpha value is -6.39. The molecule has 7 aromatic rings. The molecule has 2 heterocycles. The second kappa shape index (κ2) is 12.2. The zero-order valence-electron chi connectivity index (χ0n) is 28.9. The van der Waals surface area contributed by atoms with E-state index in [1.807, 2.05) is 0 Å². The van der Waals surface area contributed by atoms with Crippen LogP contribution in [0.5, 0.6) is 0 Å². The van der Waals surface area contributed by atoms with Crippen molar-refractivity contribution in [2.24, 2.45) is 17.8 Å². The zero-order chi connectivity index (χ0) is 34.6. The van der Waals surface area contributed by atoms with Crippen LogP contribution in [0.3, 0.4) is 0 Å². The van der Waals surface area contributed by atoms with E-state index in [0.29, 0.717) is 0 Å². The van der Waals surface area contributed by atoms with Crippen molar-refractivity contribution in [1.82, 2.24) is 4.57 Å². The minimum absolute atomic E-state index is 0.726. The SMILES string of the molecule is C=C1/C=C\C=C/Cc2cc(-c3ccc4c(c3)c3ccccc3n4C)ccc2N1c1ccc(C(C)=NC2=C(N)Cc3ccc4ccccc4c32)cc1. The highest BCUT2D eigenvalue weighted by atomic mass is 15.1. The number of allylic oxidation sites excluding steroid dienone is 5. The Bertz CT molecular complexity index is 2680. The average Bonchev–Trinajstić information content (AvgIpc) is 3.66. The van der Waals surface area contributed by atoms with E-state index in [1.54, 1.807) is 0 Å². The minimum Gasteiger partial charge on any atom is -0.400 e. The lowest BCUT2D eigenvalue weighted by molar-refractivity contribution is 1.01. The third-order valence-electron chi connectivity index (χ3n) is 10.5. The van der Waals surface area contributed by atoms with Crippen molar-refractivity contribution in [3.63, 3.8) is 0 Å². The van der Waals surface area contributed by atoms with Gasteiger partial charge < -0.3 is 15.2 Å². The van der Waals surface area contributed by atoms with Crippen molar-refractivity contribution < 1.29 is 0 Å². The van der Waals surface area contributed by atoms with Crippen LogP contribution in [-0.2, 0) is 19.9 Å². The molecule has 0 spiro atoms. The molecule has 1 aliphatic carbocycles. The lowest BCUT2D eigenvalue weighted by atomic mass is 9.97.